The average Bonchev–Trinajstić information content (AvgIpc) is 2.76. The van der Waals surface area contributed by atoms with Crippen molar-refractivity contribution in [2.75, 3.05) is 6.54 Å². The molecule has 0 aliphatic carbocycles. The number of nitrogens with one attached hydrogen (secondary N) is 2. The number of halogens is 1. The molecular weight excluding hydrogens is 450 g/mol. The molecule has 3 aromatic rings. The second kappa shape index (κ2) is 10.6. The molecule has 0 aliphatic heterocycles. The van der Waals surface area contributed by atoms with Crippen LogP contribution in [0.5, 0.6) is 11.6 Å². The third-order valence-corrected chi connectivity index (χ3v) is 6.58. The van der Waals surface area contributed by atoms with Gasteiger partial charge in [0.15, 0.2) is 0 Å². The number of pyridine rings is 1. The fraction of sp³-hybridized carbons (Fsp3) is 0.217. The fourth-order valence-corrected chi connectivity index (χ4v) is 4.38. The Morgan fingerprint density at radius 3 is 2.59 bits per heavy atom. The van der Waals surface area contributed by atoms with Gasteiger partial charge in [-0.25, -0.2) is 18.1 Å². The molecule has 0 unspecified atom stereocenters. The molecule has 2 aromatic carbocycles. The van der Waals surface area contributed by atoms with Gasteiger partial charge in [0.05, 0.1) is 5.02 Å². The van der Waals surface area contributed by atoms with E-state index < -0.39 is 10.0 Å². The third-order valence-electron chi connectivity index (χ3n) is 4.62. The van der Waals surface area contributed by atoms with Crippen LogP contribution in [-0.2, 0) is 21.4 Å². The lowest BCUT2D eigenvalue weighted by atomic mass is 10.1. The number of ether oxygens (including phenoxy) is 1. The summed E-state index contributed by atoms with van der Waals surface area (Å²) in [6.45, 7) is 4.19. The minimum Gasteiger partial charge on any atom is -0.439 e. The van der Waals surface area contributed by atoms with Crippen LogP contribution in [0.1, 0.15) is 23.1 Å². The highest BCUT2D eigenvalue weighted by molar-refractivity contribution is 7.89. The molecule has 0 bridgehead atoms. The van der Waals surface area contributed by atoms with Crippen LogP contribution in [0.4, 0.5) is 0 Å². The molecule has 2 N–H and O–H groups in total. The van der Waals surface area contributed by atoms with Crippen molar-refractivity contribution >= 4 is 27.5 Å². The van der Waals surface area contributed by atoms with E-state index in [9.17, 15) is 13.2 Å². The van der Waals surface area contributed by atoms with E-state index in [1.54, 1.807) is 24.4 Å². The van der Waals surface area contributed by atoms with Gasteiger partial charge in [-0.05, 0) is 48.7 Å². The second-order valence-corrected chi connectivity index (χ2v) is 9.37. The normalized spacial score (nSPS) is 11.2. The van der Waals surface area contributed by atoms with Gasteiger partial charge in [-0.15, -0.1) is 0 Å². The molecule has 0 fully saturated rings. The Kier molecular flexibility index (Phi) is 7.84. The Balaban J connectivity index is 1.46. The Morgan fingerprint density at radius 1 is 1.09 bits per heavy atom. The summed E-state index contributed by atoms with van der Waals surface area (Å²) < 4.78 is 32.7. The lowest BCUT2D eigenvalue weighted by Gasteiger charge is -2.10. The van der Waals surface area contributed by atoms with Gasteiger partial charge in [0.2, 0.25) is 21.8 Å². The van der Waals surface area contributed by atoms with Crippen molar-refractivity contribution in [3.8, 4) is 11.6 Å². The number of aromatic nitrogens is 1. The van der Waals surface area contributed by atoms with Crippen LogP contribution in [0, 0.1) is 13.8 Å². The summed E-state index contributed by atoms with van der Waals surface area (Å²) in [4.78, 5) is 16.3. The number of hydrogen-bond acceptors (Lipinski definition) is 5. The van der Waals surface area contributed by atoms with Crippen molar-refractivity contribution < 1.29 is 17.9 Å². The van der Waals surface area contributed by atoms with E-state index in [1.807, 2.05) is 38.1 Å². The highest BCUT2D eigenvalue weighted by Crippen LogP contribution is 2.24. The fourth-order valence-electron chi connectivity index (χ4n) is 2.83. The van der Waals surface area contributed by atoms with E-state index in [0.717, 1.165) is 22.4 Å². The maximum absolute atomic E-state index is 12.3. The number of carbonyl (C=O) groups is 1. The van der Waals surface area contributed by atoms with E-state index in [1.165, 1.54) is 12.1 Å². The number of nitrogens with zero attached hydrogens (tertiary/aromatic N) is 1. The molecule has 0 aliphatic rings. The van der Waals surface area contributed by atoms with Crippen LogP contribution in [0.3, 0.4) is 0 Å². The molecular formula is C23H24ClN3O4S. The number of hydrogen-bond donors (Lipinski definition) is 2. The van der Waals surface area contributed by atoms with Crippen molar-refractivity contribution in [1.82, 2.24) is 15.0 Å². The zero-order valence-electron chi connectivity index (χ0n) is 17.8. The first-order valence-electron chi connectivity index (χ1n) is 9.95. The molecule has 3 rings (SSSR count). The lowest BCUT2D eigenvalue weighted by molar-refractivity contribution is -0.121. The first-order chi connectivity index (χ1) is 15.2. The Labute approximate surface area is 192 Å². The molecule has 168 valence electrons. The number of carbonyl (C=O) groups excluding carboxylic acids is 1. The molecule has 1 heterocycles. The molecule has 0 saturated carbocycles. The standard InChI is InChI=1S/C23H24ClN3O4S/c1-16-7-8-17(2)20(13-16)31-23-10-9-18(15-26-23)14-25-22(28)11-12-27-32(29,30)21-6-4-3-5-19(21)24/h3-10,13,15,27H,11-12,14H2,1-2H3,(H,25,28). The van der Waals surface area contributed by atoms with Crippen molar-refractivity contribution in [1.29, 1.82) is 0 Å². The minimum absolute atomic E-state index is 0.00899. The van der Waals surface area contributed by atoms with Crippen LogP contribution in [0.15, 0.2) is 65.7 Å². The van der Waals surface area contributed by atoms with Crippen LogP contribution < -0.4 is 14.8 Å². The van der Waals surface area contributed by atoms with Gasteiger partial charge >= 0.3 is 0 Å². The van der Waals surface area contributed by atoms with Gasteiger partial charge in [0.25, 0.3) is 0 Å². The Hall–Kier alpha value is -2.94. The monoisotopic (exact) mass is 473 g/mol. The van der Waals surface area contributed by atoms with E-state index in [0.29, 0.717) is 5.88 Å². The number of amides is 1. The van der Waals surface area contributed by atoms with E-state index >= 15 is 0 Å². The first kappa shape index (κ1) is 23.7. The molecule has 0 spiro atoms. The van der Waals surface area contributed by atoms with Gasteiger partial charge in [-0.1, -0.05) is 41.9 Å². The average molecular weight is 474 g/mol. The Bertz CT molecular complexity index is 1200. The molecule has 0 saturated heterocycles. The summed E-state index contributed by atoms with van der Waals surface area (Å²) in [5, 5.41) is 2.87. The van der Waals surface area contributed by atoms with Gasteiger partial charge in [0, 0.05) is 31.8 Å². The van der Waals surface area contributed by atoms with Crippen LogP contribution in [0.25, 0.3) is 0 Å². The summed E-state index contributed by atoms with van der Waals surface area (Å²) in [7, 11) is -3.78. The predicted octanol–water partition coefficient (Wildman–Crippen LogP) is 4.13. The highest BCUT2D eigenvalue weighted by Gasteiger charge is 2.17. The van der Waals surface area contributed by atoms with Gasteiger partial charge < -0.3 is 10.1 Å². The van der Waals surface area contributed by atoms with E-state index in [-0.39, 0.29) is 35.3 Å². The molecule has 0 radical (unpaired) electrons. The molecule has 1 amide bonds. The number of sulfonamides is 1. The largest absolute Gasteiger partial charge is 0.439 e. The minimum atomic E-state index is -3.78. The number of rotatable bonds is 9. The van der Waals surface area contributed by atoms with Gasteiger partial charge in [-0.3, -0.25) is 4.79 Å². The smallest absolute Gasteiger partial charge is 0.242 e. The topological polar surface area (TPSA) is 97.4 Å². The Morgan fingerprint density at radius 2 is 1.88 bits per heavy atom. The quantitative estimate of drug-likeness (QED) is 0.487. The summed E-state index contributed by atoms with van der Waals surface area (Å²) >= 11 is 5.93. The zero-order chi connectivity index (χ0) is 23.1. The number of benzene rings is 2. The molecule has 32 heavy (non-hydrogen) atoms. The SMILES string of the molecule is Cc1ccc(C)c(Oc2ccc(CNC(=O)CCNS(=O)(=O)c3ccccc3Cl)cn2)c1. The third kappa shape index (κ3) is 6.53. The molecule has 1 aromatic heterocycles. The summed E-state index contributed by atoms with van der Waals surface area (Å²) in [5.74, 6) is 0.920. The van der Waals surface area contributed by atoms with Crippen molar-refractivity contribution in [2.45, 2.75) is 31.7 Å². The zero-order valence-corrected chi connectivity index (χ0v) is 19.3. The molecule has 7 nitrogen and oxygen atoms in total. The van der Waals surface area contributed by atoms with Gasteiger partial charge in [0.1, 0.15) is 10.6 Å². The molecule has 9 heteroatoms. The van der Waals surface area contributed by atoms with Crippen molar-refractivity contribution in [2.24, 2.45) is 0 Å². The maximum Gasteiger partial charge on any atom is 0.242 e. The predicted molar refractivity (Wildman–Crippen MR) is 123 cm³/mol. The van der Waals surface area contributed by atoms with E-state index in [4.69, 9.17) is 16.3 Å². The molecule has 0 atom stereocenters. The maximum atomic E-state index is 12.3. The van der Waals surface area contributed by atoms with Crippen molar-refractivity contribution in [3.05, 3.63) is 82.5 Å². The van der Waals surface area contributed by atoms with Gasteiger partial charge in [-0.2, -0.15) is 0 Å². The highest BCUT2D eigenvalue weighted by atomic mass is 35.5. The summed E-state index contributed by atoms with van der Waals surface area (Å²) in [6.07, 6.45) is 1.62. The second-order valence-electron chi connectivity index (χ2n) is 7.23. The van der Waals surface area contributed by atoms with Crippen LogP contribution in [-0.4, -0.2) is 25.9 Å². The lowest BCUT2D eigenvalue weighted by Crippen LogP contribution is -2.30. The number of aryl methyl sites for hydroxylation is 2. The first-order valence-corrected chi connectivity index (χ1v) is 11.8. The van der Waals surface area contributed by atoms with Crippen LogP contribution >= 0.6 is 11.6 Å². The summed E-state index contributed by atoms with van der Waals surface area (Å²) in [5.41, 5.74) is 2.90. The summed E-state index contributed by atoms with van der Waals surface area (Å²) in [6, 6.07) is 15.6. The van der Waals surface area contributed by atoms with Crippen LogP contribution in [0.2, 0.25) is 5.02 Å². The van der Waals surface area contributed by atoms with Crippen molar-refractivity contribution in [3.63, 3.8) is 0 Å². The van der Waals surface area contributed by atoms with E-state index in [2.05, 4.69) is 15.0 Å².